The number of benzene rings is 2. The van der Waals surface area contributed by atoms with Gasteiger partial charge in [-0.15, -0.1) is 0 Å². The van der Waals surface area contributed by atoms with E-state index in [-0.39, 0.29) is 30.1 Å². The number of nitrogens with one attached hydrogen (secondary N) is 3. The molecule has 1 fully saturated rings. The van der Waals surface area contributed by atoms with Crippen LogP contribution in [0.1, 0.15) is 91.5 Å². The summed E-state index contributed by atoms with van der Waals surface area (Å²) >= 11 is 0. The normalized spacial score (nSPS) is 14.4. The predicted molar refractivity (Wildman–Crippen MR) is 165 cm³/mol. The van der Waals surface area contributed by atoms with Gasteiger partial charge in [-0.25, -0.2) is 4.68 Å². The van der Waals surface area contributed by atoms with Crippen LogP contribution in [0, 0.1) is 11.8 Å². The fraction of sp³-hybridized carbons (Fsp3) is 0.455. The third-order valence-corrected chi connectivity index (χ3v) is 7.95. The molecule has 1 aliphatic carbocycles. The Balaban J connectivity index is 1.32. The number of hydrogen-bond acceptors (Lipinski definition) is 5. The highest BCUT2D eigenvalue weighted by atomic mass is 16.2. The number of rotatable bonds is 13. The summed E-state index contributed by atoms with van der Waals surface area (Å²) in [5, 5.41) is 13.1. The van der Waals surface area contributed by atoms with Crippen molar-refractivity contribution < 1.29 is 14.4 Å². The van der Waals surface area contributed by atoms with E-state index in [2.05, 4.69) is 34.9 Å². The smallest absolute Gasteiger partial charge is 0.256 e. The van der Waals surface area contributed by atoms with Gasteiger partial charge in [-0.2, -0.15) is 5.10 Å². The number of amides is 3. The maximum absolute atomic E-state index is 13.1. The van der Waals surface area contributed by atoms with Crippen LogP contribution in [0.4, 0.5) is 5.82 Å². The van der Waals surface area contributed by atoms with Crippen molar-refractivity contribution in [1.82, 2.24) is 25.7 Å². The Morgan fingerprint density at radius 2 is 1.64 bits per heavy atom. The van der Waals surface area contributed by atoms with Crippen LogP contribution in [0.2, 0.25) is 0 Å². The van der Waals surface area contributed by atoms with Gasteiger partial charge < -0.3 is 21.7 Å². The predicted octanol–water partition coefficient (Wildman–Crippen LogP) is 5.01. The number of nitrogens with two attached hydrogens (primary N) is 1. The van der Waals surface area contributed by atoms with Crippen molar-refractivity contribution in [2.45, 2.75) is 77.8 Å². The van der Waals surface area contributed by atoms with E-state index in [9.17, 15) is 14.4 Å². The topological polar surface area (TPSA) is 131 Å². The molecule has 3 amide bonds. The molecule has 1 saturated carbocycles. The van der Waals surface area contributed by atoms with Crippen LogP contribution in [-0.2, 0) is 11.3 Å². The first-order valence-corrected chi connectivity index (χ1v) is 15.2. The largest absolute Gasteiger partial charge is 0.383 e. The number of hydrogen-bond donors (Lipinski definition) is 4. The highest BCUT2D eigenvalue weighted by molar-refractivity contribution is 5.99. The molecule has 224 valence electrons. The Hall–Kier alpha value is -4.14. The molecule has 4 rings (SSSR count). The minimum Gasteiger partial charge on any atom is -0.383 e. The van der Waals surface area contributed by atoms with E-state index < -0.39 is 6.04 Å². The third kappa shape index (κ3) is 8.68. The van der Waals surface area contributed by atoms with Crippen molar-refractivity contribution in [2.24, 2.45) is 11.8 Å². The minimum absolute atomic E-state index is 0.117. The average Bonchev–Trinajstić information content (AvgIpc) is 3.40. The highest BCUT2D eigenvalue weighted by Crippen LogP contribution is 2.28. The van der Waals surface area contributed by atoms with Crippen LogP contribution in [0.3, 0.4) is 0 Å². The molecule has 0 radical (unpaired) electrons. The fourth-order valence-corrected chi connectivity index (χ4v) is 5.36. The number of aromatic nitrogens is 2. The maximum atomic E-state index is 13.1. The molecule has 5 N–H and O–H groups in total. The van der Waals surface area contributed by atoms with Gasteiger partial charge in [0.2, 0.25) is 5.91 Å². The van der Waals surface area contributed by atoms with Crippen molar-refractivity contribution in [2.75, 3.05) is 12.3 Å². The molecule has 1 aromatic heterocycles. The van der Waals surface area contributed by atoms with Crippen LogP contribution < -0.4 is 21.7 Å². The summed E-state index contributed by atoms with van der Waals surface area (Å²) in [6.07, 6.45) is 10.1. The first-order chi connectivity index (χ1) is 20.3. The molecule has 0 spiro atoms. The lowest BCUT2D eigenvalue weighted by Gasteiger charge is -2.24. The molecule has 2 aromatic carbocycles. The zero-order chi connectivity index (χ0) is 29.9. The second-order valence-electron chi connectivity index (χ2n) is 11.7. The Morgan fingerprint density at radius 1 is 0.929 bits per heavy atom. The van der Waals surface area contributed by atoms with Crippen LogP contribution >= 0.6 is 0 Å². The van der Waals surface area contributed by atoms with Crippen LogP contribution in [0.15, 0.2) is 60.8 Å². The highest BCUT2D eigenvalue weighted by Gasteiger charge is 2.24. The molecule has 0 aliphatic heterocycles. The lowest BCUT2D eigenvalue weighted by molar-refractivity contribution is -0.123. The maximum Gasteiger partial charge on any atom is 0.256 e. The van der Waals surface area contributed by atoms with Gasteiger partial charge in [-0.1, -0.05) is 76.3 Å². The summed E-state index contributed by atoms with van der Waals surface area (Å²) in [6.45, 7) is 5.11. The standard InChI is InChI=1S/C33H44N6O3/c1-23(2)19-20-35-33(42)29(18-15-24-9-5-3-6-10-24)38-31(40)26-16-13-25(14-17-26)21-36-32(41)28-22-37-39(30(28)34)27-11-7-4-8-12-27/h4,7-8,11-14,16-17,22-24,29H,3,5-6,9-10,15,18-21,34H2,1-2H3,(H,35,42)(H,36,41)(H,38,40)/t29-/m0/s1. The zero-order valence-electron chi connectivity index (χ0n) is 24.8. The van der Waals surface area contributed by atoms with E-state index in [0.29, 0.717) is 35.9 Å². The Morgan fingerprint density at radius 3 is 2.33 bits per heavy atom. The Kier molecular flexibility index (Phi) is 11.1. The van der Waals surface area contributed by atoms with Crippen molar-refractivity contribution >= 4 is 23.5 Å². The van der Waals surface area contributed by atoms with Crippen molar-refractivity contribution in [3.8, 4) is 5.69 Å². The molecule has 1 heterocycles. The van der Waals surface area contributed by atoms with E-state index >= 15 is 0 Å². The third-order valence-electron chi connectivity index (χ3n) is 7.95. The van der Waals surface area contributed by atoms with Crippen LogP contribution in [0.25, 0.3) is 5.69 Å². The van der Waals surface area contributed by atoms with Crippen LogP contribution in [0.5, 0.6) is 0 Å². The molecular formula is C33H44N6O3. The number of carbonyl (C=O) groups excluding carboxylic acids is 3. The summed E-state index contributed by atoms with van der Waals surface area (Å²) in [7, 11) is 0. The summed E-state index contributed by atoms with van der Waals surface area (Å²) in [6, 6.07) is 15.8. The van der Waals surface area contributed by atoms with E-state index in [4.69, 9.17) is 5.73 Å². The zero-order valence-corrected chi connectivity index (χ0v) is 24.8. The molecule has 1 aliphatic rings. The monoisotopic (exact) mass is 572 g/mol. The van der Waals surface area contributed by atoms with E-state index in [1.807, 2.05) is 30.3 Å². The molecule has 9 heteroatoms. The van der Waals surface area contributed by atoms with Crippen molar-refractivity contribution in [3.05, 3.63) is 77.5 Å². The molecule has 42 heavy (non-hydrogen) atoms. The van der Waals surface area contributed by atoms with Gasteiger partial charge in [-0.3, -0.25) is 14.4 Å². The second-order valence-corrected chi connectivity index (χ2v) is 11.7. The van der Waals surface area contributed by atoms with Gasteiger partial charge in [0.15, 0.2) is 0 Å². The van der Waals surface area contributed by atoms with E-state index in [0.717, 1.165) is 24.1 Å². The lowest BCUT2D eigenvalue weighted by Crippen LogP contribution is -2.47. The van der Waals surface area contributed by atoms with Gasteiger partial charge in [0.25, 0.3) is 11.8 Å². The SMILES string of the molecule is CC(C)CCNC(=O)[C@H](CCC1CCCCC1)NC(=O)c1ccc(CNC(=O)c2cnn(-c3ccccc3)c2N)cc1. The number of nitrogens with zero attached hydrogens (tertiary/aromatic N) is 2. The fourth-order valence-electron chi connectivity index (χ4n) is 5.36. The van der Waals surface area contributed by atoms with Gasteiger partial charge in [0.1, 0.15) is 17.4 Å². The van der Waals surface area contributed by atoms with Gasteiger partial charge in [0.05, 0.1) is 11.9 Å². The lowest BCUT2D eigenvalue weighted by atomic mass is 9.85. The number of anilines is 1. The van der Waals surface area contributed by atoms with Gasteiger partial charge >= 0.3 is 0 Å². The number of nitrogen functional groups attached to an aromatic ring is 1. The summed E-state index contributed by atoms with van der Waals surface area (Å²) in [5.74, 6) is 0.651. The first kappa shape index (κ1) is 30.8. The van der Waals surface area contributed by atoms with E-state index in [1.165, 1.54) is 43.0 Å². The van der Waals surface area contributed by atoms with Crippen molar-refractivity contribution in [3.63, 3.8) is 0 Å². The van der Waals surface area contributed by atoms with Crippen LogP contribution in [-0.4, -0.2) is 40.1 Å². The molecule has 9 nitrogen and oxygen atoms in total. The molecule has 0 unspecified atom stereocenters. The first-order valence-electron chi connectivity index (χ1n) is 15.2. The van der Waals surface area contributed by atoms with Gasteiger partial charge in [0, 0.05) is 18.7 Å². The summed E-state index contributed by atoms with van der Waals surface area (Å²) < 4.78 is 1.52. The number of carbonyl (C=O) groups is 3. The van der Waals surface area contributed by atoms with Crippen molar-refractivity contribution in [1.29, 1.82) is 0 Å². The number of para-hydroxylation sites is 1. The molecule has 3 aromatic rings. The quantitative estimate of drug-likeness (QED) is 0.229. The van der Waals surface area contributed by atoms with Gasteiger partial charge in [-0.05, 0) is 60.9 Å². The second kappa shape index (κ2) is 15.2. The minimum atomic E-state index is -0.562. The summed E-state index contributed by atoms with van der Waals surface area (Å²) in [4.78, 5) is 38.9. The molecular weight excluding hydrogens is 528 g/mol. The average molecular weight is 573 g/mol. The molecule has 0 bridgehead atoms. The Bertz CT molecular complexity index is 1310. The van der Waals surface area contributed by atoms with E-state index in [1.54, 1.807) is 24.3 Å². The molecule has 0 saturated heterocycles. The Labute approximate surface area is 248 Å². The summed E-state index contributed by atoms with van der Waals surface area (Å²) in [5.41, 5.74) is 8.55. The molecule has 1 atom stereocenters.